The van der Waals surface area contributed by atoms with Crippen LogP contribution in [0.5, 0.6) is 0 Å². The Kier molecular flexibility index (Phi) is 17.9. The molecule has 0 saturated heterocycles. The molecule has 19 heavy (non-hydrogen) atoms. The molecular formula is C13H28N2O4. The first-order valence-corrected chi connectivity index (χ1v) is 6.88. The molecule has 0 aliphatic carbocycles. The maximum absolute atomic E-state index is 9.98. The summed E-state index contributed by atoms with van der Waals surface area (Å²) in [7, 11) is 0. The number of carboxylic acid groups (broad SMARTS) is 2. The zero-order valence-electron chi connectivity index (χ0n) is 11.6. The van der Waals surface area contributed by atoms with Crippen LogP contribution in [0, 0.1) is 0 Å². The van der Waals surface area contributed by atoms with Gasteiger partial charge in [-0.05, 0) is 38.8 Å². The molecule has 114 valence electrons. The third kappa shape index (κ3) is 26.5. The Bertz CT molecular complexity index is 201. The Hall–Kier alpha value is -1.14. The maximum atomic E-state index is 9.98. The quantitative estimate of drug-likeness (QED) is 0.424. The monoisotopic (exact) mass is 276 g/mol. The van der Waals surface area contributed by atoms with Crippen molar-refractivity contribution in [3.05, 3.63) is 0 Å². The molecular weight excluding hydrogens is 248 g/mol. The molecule has 0 radical (unpaired) electrons. The van der Waals surface area contributed by atoms with Gasteiger partial charge in [0.25, 0.3) is 0 Å². The van der Waals surface area contributed by atoms with Gasteiger partial charge in [0, 0.05) is 12.8 Å². The Morgan fingerprint density at radius 1 is 0.632 bits per heavy atom. The van der Waals surface area contributed by atoms with Crippen LogP contribution in [0.2, 0.25) is 0 Å². The van der Waals surface area contributed by atoms with Crippen molar-refractivity contribution >= 4 is 11.9 Å². The summed E-state index contributed by atoms with van der Waals surface area (Å²) in [6, 6.07) is 0. The van der Waals surface area contributed by atoms with Crippen LogP contribution in [0.1, 0.15) is 57.8 Å². The number of rotatable bonds is 11. The van der Waals surface area contributed by atoms with E-state index in [4.69, 9.17) is 21.7 Å². The van der Waals surface area contributed by atoms with Crippen molar-refractivity contribution in [2.24, 2.45) is 11.5 Å². The van der Waals surface area contributed by atoms with Crippen LogP contribution in [0.3, 0.4) is 0 Å². The third-order valence-corrected chi connectivity index (χ3v) is 2.44. The van der Waals surface area contributed by atoms with E-state index in [2.05, 4.69) is 0 Å². The van der Waals surface area contributed by atoms with E-state index in [1.54, 1.807) is 0 Å². The average Bonchev–Trinajstić information content (AvgIpc) is 2.34. The minimum atomic E-state index is -0.819. The summed E-state index contributed by atoms with van der Waals surface area (Å²) in [5.41, 5.74) is 10.6. The van der Waals surface area contributed by atoms with E-state index in [-0.39, 0.29) is 12.8 Å². The van der Waals surface area contributed by atoms with Gasteiger partial charge in [0.1, 0.15) is 0 Å². The average molecular weight is 276 g/mol. The van der Waals surface area contributed by atoms with Crippen LogP contribution in [0.4, 0.5) is 0 Å². The highest BCUT2D eigenvalue weighted by atomic mass is 16.4. The molecule has 0 heterocycles. The molecule has 0 spiro atoms. The minimum absolute atomic E-state index is 0.139. The predicted octanol–water partition coefficient (Wildman–Crippen LogP) is 1.57. The summed E-state index contributed by atoms with van der Waals surface area (Å²) in [6.45, 7) is 1.65. The fraction of sp³-hybridized carbons (Fsp3) is 0.846. The molecule has 0 amide bonds. The normalized spacial score (nSPS) is 9.58. The number of carbonyl (C=O) groups is 2. The zero-order chi connectivity index (χ0) is 14.9. The van der Waals surface area contributed by atoms with Gasteiger partial charge in [-0.2, -0.15) is 0 Å². The lowest BCUT2D eigenvalue weighted by atomic mass is 10.1. The van der Waals surface area contributed by atoms with Gasteiger partial charge in [-0.3, -0.25) is 9.59 Å². The lowest BCUT2D eigenvalue weighted by molar-refractivity contribution is -0.137. The maximum Gasteiger partial charge on any atom is 0.303 e. The lowest BCUT2D eigenvalue weighted by Crippen LogP contribution is -2.00. The van der Waals surface area contributed by atoms with Crippen molar-refractivity contribution in [2.45, 2.75) is 57.8 Å². The van der Waals surface area contributed by atoms with E-state index in [9.17, 15) is 9.59 Å². The van der Waals surface area contributed by atoms with Gasteiger partial charge in [0.2, 0.25) is 0 Å². The van der Waals surface area contributed by atoms with Crippen molar-refractivity contribution in [1.29, 1.82) is 0 Å². The van der Waals surface area contributed by atoms with E-state index in [1.165, 1.54) is 12.8 Å². The third-order valence-electron chi connectivity index (χ3n) is 2.44. The predicted molar refractivity (Wildman–Crippen MR) is 74.9 cm³/mol. The molecule has 0 unspecified atom stereocenters. The first-order chi connectivity index (χ1) is 9.04. The van der Waals surface area contributed by atoms with Gasteiger partial charge in [-0.1, -0.05) is 19.3 Å². The molecule has 6 heteroatoms. The van der Waals surface area contributed by atoms with Crippen LogP contribution in [-0.2, 0) is 9.59 Å². The summed E-state index contributed by atoms with van der Waals surface area (Å²) in [4.78, 5) is 20.0. The molecule has 6 nitrogen and oxygen atoms in total. The Morgan fingerprint density at radius 3 is 1.21 bits per heavy atom. The van der Waals surface area contributed by atoms with E-state index in [0.717, 1.165) is 25.9 Å². The van der Waals surface area contributed by atoms with Crippen molar-refractivity contribution in [1.82, 2.24) is 0 Å². The zero-order valence-corrected chi connectivity index (χ0v) is 11.6. The van der Waals surface area contributed by atoms with E-state index in [1.807, 2.05) is 0 Å². The van der Waals surface area contributed by atoms with Crippen molar-refractivity contribution < 1.29 is 19.8 Å². The fourth-order valence-corrected chi connectivity index (χ4v) is 1.37. The van der Waals surface area contributed by atoms with Crippen LogP contribution < -0.4 is 11.5 Å². The number of aliphatic carboxylic acids is 2. The summed E-state index contributed by atoms with van der Waals surface area (Å²) in [6.07, 6.45) is 6.89. The molecule has 0 atom stereocenters. The van der Waals surface area contributed by atoms with Gasteiger partial charge in [-0.15, -0.1) is 0 Å². The number of carboxylic acids is 2. The van der Waals surface area contributed by atoms with Gasteiger partial charge in [0.15, 0.2) is 0 Å². The van der Waals surface area contributed by atoms with E-state index >= 15 is 0 Å². The highest BCUT2D eigenvalue weighted by Gasteiger charge is 1.98. The Balaban J connectivity index is 0. The second kappa shape index (κ2) is 16.9. The number of hydrogen-bond acceptors (Lipinski definition) is 4. The molecule has 0 fully saturated rings. The Morgan fingerprint density at radius 2 is 0.947 bits per heavy atom. The fourth-order valence-electron chi connectivity index (χ4n) is 1.37. The van der Waals surface area contributed by atoms with Gasteiger partial charge in [0.05, 0.1) is 0 Å². The molecule has 0 saturated carbocycles. The van der Waals surface area contributed by atoms with Crippen molar-refractivity contribution in [2.75, 3.05) is 13.1 Å². The summed E-state index contributed by atoms with van der Waals surface area (Å²) >= 11 is 0. The second-order valence-corrected chi connectivity index (χ2v) is 4.34. The summed E-state index contributed by atoms with van der Waals surface area (Å²) in [5.74, 6) is -1.64. The molecule has 0 aromatic heterocycles. The molecule has 0 aromatic carbocycles. The minimum Gasteiger partial charge on any atom is -0.481 e. The van der Waals surface area contributed by atoms with Gasteiger partial charge in [-0.25, -0.2) is 0 Å². The van der Waals surface area contributed by atoms with Crippen molar-refractivity contribution in [3.63, 3.8) is 0 Å². The van der Waals surface area contributed by atoms with Crippen LogP contribution in [-0.4, -0.2) is 35.2 Å². The van der Waals surface area contributed by atoms with E-state index in [0.29, 0.717) is 19.3 Å². The number of nitrogens with two attached hydrogens (primary N) is 2. The molecule has 0 aliphatic heterocycles. The van der Waals surface area contributed by atoms with Gasteiger partial charge >= 0.3 is 11.9 Å². The highest BCUT2D eigenvalue weighted by molar-refractivity contribution is 5.67. The smallest absolute Gasteiger partial charge is 0.303 e. The standard InChI is InChI=1S/C7H12O4.C6H16N2/c8-6(9)4-2-1-3-5-7(10)11;7-5-3-1-2-4-6-8/h1-5H2,(H,8,9)(H,10,11);1-8H2. The first kappa shape index (κ1) is 20.2. The second-order valence-electron chi connectivity index (χ2n) is 4.34. The Labute approximate surface area is 115 Å². The van der Waals surface area contributed by atoms with Crippen LogP contribution in [0.25, 0.3) is 0 Å². The van der Waals surface area contributed by atoms with Crippen LogP contribution in [0.15, 0.2) is 0 Å². The molecule has 0 aromatic rings. The molecule has 0 rings (SSSR count). The van der Waals surface area contributed by atoms with Gasteiger partial charge < -0.3 is 21.7 Å². The molecule has 0 bridgehead atoms. The summed E-state index contributed by atoms with van der Waals surface area (Å²) < 4.78 is 0. The summed E-state index contributed by atoms with van der Waals surface area (Å²) in [5, 5.41) is 16.4. The van der Waals surface area contributed by atoms with Crippen molar-refractivity contribution in [3.8, 4) is 0 Å². The van der Waals surface area contributed by atoms with Crippen LogP contribution >= 0.6 is 0 Å². The molecule has 6 N–H and O–H groups in total. The number of unbranched alkanes of at least 4 members (excludes halogenated alkanes) is 5. The molecule has 0 aliphatic rings. The first-order valence-electron chi connectivity index (χ1n) is 6.88. The SMILES string of the molecule is NCCCCCCN.O=C(O)CCCCCC(=O)O. The highest BCUT2D eigenvalue weighted by Crippen LogP contribution is 2.02. The number of hydrogen-bond donors (Lipinski definition) is 4. The lowest BCUT2D eigenvalue weighted by Gasteiger charge is -1.94. The van der Waals surface area contributed by atoms with E-state index < -0.39 is 11.9 Å². The topological polar surface area (TPSA) is 127 Å². The largest absolute Gasteiger partial charge is 0.481 e.